The number of thioether (sulfide) groups is 1. The molecule has 0 atom stereocenters. The Hall–Kier alpha value is -0.600. The van der Waals surface area contributed by atoms with Crippen molar-refractivity contribution in [3.8, 4) is 0 Å². The molecule has 0 spiro atoms. The molecule has 3 heteroatoms. The molecule has 0 radical (unpaired) electrons. The zero-order valence-corrected chi connectivity index (χ0v) is 13.0. The molecule has 0 saturated carbocycles. The standard InChI is InChI=1S/C15H20ClNS/c1-10(2)17-14(9-18-11(3)4)7-12-5-6-13(16)8-15(12)17/h5-8,10-11H,9H2,1-4H3. The van der Waals surface area contributed by atoms with Gasteiger partial charge in [0.2, 0.25) is 0 Å². The first-order chi connectivity index (χ1) is 8.49. The molecule has 1 aromatic heterocycles. The second kappa shape index (κ2) is 5.58. The van der Waals surface area contributed by atoms with Gasteiger partial charge in [0, 0.05) is 28.0 Å². The molecule has 0 fully saturated rings. The lowest BCUT2D eigenvalue weighted by Gasteiger charge is -2.15. The molecule has 1 nitrogen and oxygen atoms in total. The molecule has 0 aliphatic heterocycles. The third-order valence-electron chi connectivity index (χ3n) is 2.96. The second-order valence-electron chi connectivity index (χ2n) is 5.16. The van der Waals surface area contributed by atoms with Crippen LogP contribution in [0, 0.1) is 0 Å². The molecule has 0 amide bonds. The van der Waals surface area contributed by atoms with E-state index in [2.05, 4.69) is 50.5 Å². The van der Waals surface area contributed by atoms with Crippen molar-refractivity contribution in [2.45, 2.75) is 44.7 Å². The van der Waals surface area contributed by atoms with Gasteiger partial charge in [0.25, 0.3) is 0 Å². The number of rotatable bonds is 4. The SMILES string of the molecule is CC(C)SCc1cc2ccc(Cl)cc2n1C(C)C. The second-order valence-corrected chi connectivity index (χ2v) is 7.16. The fourth-order valence-electron chi connectivity index (χ4n) is 2.22. The summed E-state index contributed by atoms with van der Waals surface area (Å²) in [5, 5.41) is 2.75. The molecular formula is C15H20ClNS. The van der Waals surface area contributed by atoms with Crippen LogP contribution in [0.2, 0.25) is 5.02 Å². The molecule has 2 aromatic rings. The van der Waals surface area contributed by atoms with Crippen molar-refractivity contribution >= 4 is 34.3 Å². The van der Waals surface area contributed by atoms with Crippen molar-refractivity contribution in [2.75, 3.05) is 0 Å². The van der Waals surface area contributed by atoms with Crippen molar-refractivity contribution in [1.82, 2.24) is 4.57 Å². The van der Waals surface area contributed by atoms with Gasteiger partial charge in [-0.15, -0.1) is 0 Å². The van der Waals surface area contributed by atoms with Crippen molar-refractivity contribution in [1.29, 1.82) is 0 Å². The summed E-state index contributed by atoms with van der Waals surface area (Å²) in [6, 6.07) is 8.90. The van der Waals surface area contributed by atoms with Gasteiger partial charge in [0.05, 0.1) is 0 Å². The predicted octanol–water partition coefficient (Wildman–Crippen LogP) is 5.52. The molecule has 0 aliphatic rings. The predicted molar refractivity (Wildman–Crippen MR) is 83.8 cm³/mol. The van der Waals surface area contributed by atoms with E-state index in [-0.39, 0.29) is 0 Å². The Balaban J connectivity index is 2.48. The van der Waals surface area contributed by atoms with Gasteiger partial charge in [-0.25, -0.2) is 0 Å². The molecule has 1 heterocycles. The normalized spacial score (nSPS) is 11.9. The van der Waals surface area contributed by atoms with Crippen LogP contribution in [0.25, 0.3) is 10.9 Å². The van der Waals surface area contributed by atoms with Gasteiger partial charge in [-0.05, 0) is 42.7 Å². The summed E-state index contributed by atoms with van der Waals surface area (Å²) in [6.07, 6.45) is 0. The Morgan fingerprint density at radius 1 is 1.17 bits per heavy atom. The summed E-state index contributed by atoms with van der Waals surface area (Å²) in [5.74, 6) is 1.06. The van der Waals surface area contributed by atoms with Gasteiger partial charge in [0.15, 0.2) is 0 Å². The smallest absolute Gasteiger partial charge is 0.0500 e. The van der Waals surface area contributed by atoms with Crippen LogP contribution < -0.4 is 0 Å². The molecule has 0 bridgehead atoms. The zero-order valence-electron chi connectivity index (χ0n) is 11.4. The highest BCUT2D eigenvalue weighted by molar-refractivity contribution is 7.99. The van der Waals surface area contributed by atoms with Crippen LogP contribution in [0.1, 0.15) is 39.4 Å². The molecular weight excluding hydrogens is 262 g/mol. The lowest BCUT2D eigenvalue weighted by atomic mass is 10.2. The van der Waals surface area contributed by atoms with Crippen molar-refractivity contribution in [2.24, 2.45) is 0 Å². The maximum Gasteiger partial charge on any atom is 0.0500 e. The summed E-state index contributed by atoms with van der Waals surface area (Å²) in [7, 11) is 0. The molecule has 0 saturated heterocycles. The molecule has 0 aliphatic carbocycles. The number of halogens is 1. The fourth-order valence-corrected chi connectivity index (χ4v) is 3.12. The third-order valence-corrected chi connectivity index (χ3v) is 4.33. The summed E-state index contributed by atoms with van der Waals surface area (Å²) in [4.78, 5) is 0. The maximum absolute atomic E-state index is 6.11. The quantitative estimate of drug-likeness (QED) is 0.714. The molecule has 18 heavy (non-hydrogen) atoms. The van der Waals surface area contributed by atoms with E-state index < -0.39 is 0 Å². The minimum atomic E-state index is 0.462. The Morgan fingerprint density at radius 3 is 2.50 bits per heavy atom. The molecule has 0 unspecified atom stereocenters. The van der Waals surface area contributed by atoms with Crippen LogP contribution in [-0.2, 0) is 5.75 Å². The van der Waals surface area contributed by atoms with Crippen LogP contribution in [0.5, 0.6) is 0 Å². The summed E-state index contributed by atoms with van der Waals surface area (Å²) >= 11 is 8.10. The highest BCUT2D eigenvalue weighted by atomic mass is 35.5. The van der Waals surface area contributed by atoms with Gasteiger partial charge < -0.3 is 4.57 Å². The van der Waals surface area contributed by atoms with Gasteiger partial charge in [-0.1, -0.05) is 31.5 Å². The first kappa shape index (κ1) is 13.8. The van der Waals surface area contributed by atoms with E-state index in [1.165, 1.54) is 16.6 Å². The highest BCUT2D eigenvalue weighted by Crippen LogP contribution is 2.29. The number of hydrogen-bond donors (Lipinski definition) is 0. The van der Waals surface area contributed by atoms with E-state index >= 15 is 0 Å². The minimum Gasteiger partial charge on any atom is -0.341 e. The summed E-state index contributed by atoms with van der Waals surface area (Å²) < 4.78 is 2.40. The largest absolute Gasteiger partial charge is 0.341 e. The van der Waals surface area contributed by atoms with Gasteiger partial charge in [0.1, 0.15) is 0 Å². The van der Waals surface area contributed by atoms with Gasteiger partial charge in [-0.3, -0.25) is 0 Å². The Labute approximate surface area is 119 Å². The average Bonchev–Trinajstić information content (AvgIpc) is 2.63. The lowest BCUT2D eigenvalue weighted by molar-refractivity contribution is 0.606. The highest BCUT2D eigenvalue weighted by Gasteiger charge is 2.12. The molecule has 1 aromatic carbocycles. The molecule has 2 rings (SSSR count). The minimum absolute atomic E-state index is 0.462. The topological polar surface area (TPSA) is 4.93 Å². The van der Waals surface area contributed by atoms with E-state index in [0.717, 1.165) is 10.8 Å². The number of benzene rings is 1. The van der Waals surface area contributed by atoms with Crippen LogP contribution in [0.4, 0.5) is 0 Å². The summed E-state index contributed by atoms with van der Waals surface area (Å²) in [6.45, 7) is 8.93. The van der Waals surface area contributed by atoms with Crippen molar-refractivity contribution in [3.05, 3.63) is 35.0 Å². The van der Waals surface area contributed by atoms with E-state index in [0.29, 0.717) is 11.3 Å². The van der Waals surface area contributed by atoms with E-state index in [9.17, 15) is 0 Å². The van der Waals surface area contributed by atoms with E-state index in [1.54, 1.807) is 0 Å². The average molecular weight is 282 g/mol. The number of hydrogen-bond acceptors (Lipinski definition) is 1. The van der Waals surface area contributed by atoms with Crippen molar-refractivity contribution in [3.63, 3.8) is 0 Å². The number of fused-ring (bicyclic) bond motifs is 1. The Bertz CT molecular complexity index is 543. The van der Waals surface area contributed by atoms with E-state index in [1.807, 2.05) is 17.8 Å². The Morgan fingerprint density at radius 2 is 1.89 bits per heavy atom. The zero-order chi connectivity index (χ0) is 13.3. The monoisotopic (exact) mass is 281 g/mol. The van der Waals surface area contributed by atoms with E-state index in [4.69, 9.17) is 11.6 Å². The molecule has 98 valence electrons. The van der Waals surface area contributed by atoms with Gasteiger partial charge in [-0.2, -0.15) is 11.8 Å². The van der Waals surface area contributed by atoms with Crippen LogP contribution in [-0.4, -0.2) is 9.82 Å². The van der Waals surface area contributed by atoms with Crippen LogP contribution >= 0.6 is 23.4 Å². The number of aromatic nitrogens is 1. The maximum atomic E-state index is 6.11. The lowest BCUT2D eigenvalue weighted by Crippen LogP contribution is -2.05. The first-order valence-corrected chi connectivity index (χ1v) is 7.82. The molecule has 0 N–H and O–H groups in total. The van der Waals surface area contributed by atoms with Crippen molar-refractivity contribution < 1.29 is 0 Å². The number of nitrogens with zero attached hydrogens (tertiary/aromatic N) is 1. The first-order valence-electron chi connectivity index (χ1n) is 6.40. The Kier molecular flexibility index (Phi) is 4.29. The van der Waals surface area contributed by atoms with Gasteiger partial charge >= 0.3 is 0 Å². The van der Waals surface area contributed by atoms with Crippen LogP contribution in [0.15, 0.2) is 24.3 Å². The van der Waals surface area contributed by atoms with Crippen LogP contribution in [0.3, 0.4) is 0 Å². The summed E-state index contributed by atoms with van der Waals surface area (Å²) in [5.41, 5.74) is 2.64. The fraction of sp³-hybridized carbons (Fsp3) is 0.467. The third kappa shape index (κ3) is 2.86.